The smallest absolute Gasteiger partial charge is 0.283 e. The van der Waals surface area contributed by atoms with Crippen molar-refractivity contribution in [3.8, 4) is 0 Å². The van der Waals surface area contributed by atoms with E-state index in [0.29, 0.717) is 12.8 Å². The SMILES string of the molecule is Cc1ccc(S(=O)(=O)n2nc(N3CCC(F)(F)CC34CC4)c3c(Cl)cc(F)cc32)cc1. The fourth-order valence-electron chi connectivity index (χ4n) is 4.40. The second-order valence-electron chi connectivity index (χ2n) is 8.43. The van der Waals surface area contributed by atoms with Gasteiger partial charge in [-0.2, -0.15) is 12.5 Å². The Morgan fingerprint density at radius 2 is 1.77 bits per heavy atom. The molecule has 2 aromatic carbocycles. The second kappa shape index (κ2) is 6.62. The van der Waals surface area contributed by atoms with E-state index in [9.17, 15) is 21.6 Å². The minimum Gasteiger partial charge on any atom is -0.348 e. The number of hydrogen-bond donors (Lipinski definition) is 0. The molecule has 1 saturated heterocycles. The first kappa shape index (κ1) is 20.6. The number of alkyl halides is 2. The van der Waals surface area contributed by atoms with E-state index in [-0.39, 0.29) is 46.0 Å². The number of hydrogen-bond acceptors (Lipinski definition) is 4. The highest BCUT2D eigenvalue weighted by atomic mass is 35.5. The maximum absolute atomic E-state index is 14.2. The van der Waals surface area contributed by atoms with Gasteiger partial charge in [-0.05, 0) is 38.0 Å². The number of nitrogens with zero attached hydrogens (tertiary/aromatic N) is 3. The van der Waals surface area contributed by atoms with Crippen LogP contribution in [0.25, 0.3) is 10.9 Å². The summed E-state index contributed by atoms with van der Waals surface area (Å²) in [6, 6.07) is 8.33. The zero-order valence-electron chi connectivity index (χ0n) is 16.6. The summed E-state index contributed by atoms with van der Waals surface area (Å²) in [5, 5.41) is 4.56. The third-order valence-electron chi connectivity index (χ3n) is 6.14. The topological polar surface area (TPSA) is 55.2 Å². The summed E-state index contributed by atoms with van der Waals surface area (Å²) in [5.74, 6) is -3.30. The van der Waals surface area contributed by atoms with Crippen LogP contribution in [0.5, 0.6) is 0 Å². The first-order valence-corrected chi connectivity index (χ1v) is 11.7. The quantitative estimate of drug-likeness (QED) is 0.533. The van der Waals surface area contributed by atoms with Gasteiger partial charge >= 0.3 is 0 Å². The molecule has 2 heterocycles. The number of fused-ring (bicyclic) bond motifs is 1. The molecule has 5 nitrogen and oxygen atoms in total. The van der Waals surface area contributed by atoms with Crippen molar-refractivity contribution in [2.45, 2.75) is 49.0 Å². The van der Waals surface area contributed by atoms with Gasteiger partial charge in [0.1, 0.15) is 5.82 Å². The summed E-state index contributed by atoms with van der Waals surface area (Å²) in [6.45, 7) is 1.84. The highest BCUT2D eigenvalue weighted by molar-refractivity contribution is 7.90. The summed E-state index contributed by atoms with van der Waals surface area (Å²) in [6.07, 6.45) is 0.422. The zero-order chi connectivity index (χ0) is 22.2. The molecule has 5 rings (SSSR count). The van der Waals surface area contributed by atoms with Crippen LogP contribution in [0.4, 0.5) is 19.0 Å². The van der Waals surface area contributed by atoms with Crippen molar-refractivity contribution in [3.63, 3.8) is 0 Å². The van der Waals surface area contributed by atoms with E-state index in [1.165, 1.54) is 12.1 Å². The van der Waals surface area contributed by atoms with E-state index >= 15 is 0 Å². The van der Waals surface area contributed by atoms with Crippen LogP contribution in [0, 0.1) is 12.7 Å². The first-order chi connectivity index (χ1) is 14.5. The van der Waals surface area contributed by atoms with Gasteiger partial charge in [0.15, 0.2) is 5.82 Å². The molecule has 0 N–H and O–H groups in total. The summed E-state index contributed by atoms with van der Waals surface area (Å²) in [4.78, 5) is 1.72. The van der Waals surface area contributed by atoms with E-state index in [1.54, 1.807) is 17.0 Å². The Morgan fingerprint density at radius 3 is 2.42 bits per heavy atom. The average Bonchev–Trinajstić information content (AvgIpc) is 3.30. The molecular weight excluding hydrogens is 451 g/mol. The van der Waals surface area contributed by atoms with Crippen molar-refractivity contribution in [3.05, 3.63) is 52.8 Å². The van der Waals surface area contributed by atoms with Crippen LogP contribution in [0.1, 0.15) is 31.2 Å². The molecule has 1 aliphatic heterocycles. The maximum Gasteiger partial charge on any atom is 0.283 e. The van der Waals surface area contributed by atoms with Gasteiger partial charge in [-0.3, -0.25) is 0 Å². The highest BCUT2D eigenvalue weighted by Gasteiger charge is 2.58. The standard InChI is InChI=1S/C21H19ClF3N3O2S/c1-13-2-4-15(5-3-13)31(29,30)28-17-11-14(23)10-16(22)18(17)19(26-28)27-9-8-21(24,25)12-20(27)6-7-20/h2-5,10-11H,6-9,12H2,1H3. The Labute approximate surface area is 182 Å². The van der Waals surface area contributed by atoms with Crippen LogP contribution >= 0.6 is 11.6 Å². The second-order valence-corrected chi connectivity index (χ2v) is 10.6. The molecule has 0 bridgehead atoms. The van der Waals surface area contributed by atoms with Crippen LogP contribution in [0.3, 0.4) is 0 Å². The van der Waals surface area contributed by atoms with E-state index in [0.717, 1.165) is 21.8 Å². The normalized spacial score (nSPS) is 19.8. The number of aromatic nitrogens is 2. The minimum atomic E-state index is -4.17. The molecule has 164 valence electrons. The van der Waals surface area contributed by atoms with Gasteiger partial charge in [-0.25, -0.2) is 13.2 Å². The fourth-order valence-corrected chi connectivity index (χ4v) is 5.96. The van der Waals surface area contributed by atoms with Gasteiger partial charge in [0.05, 0.1) is 20.8 Å². The van der Waals surface area contributed by atoms with Crippen molar-refractivity contribution >= 4 is 38.3 Å². The molecule has 1 aliphatic carbocycles. The Morgan fingerprint density at radius 1 is 1.10 bits per heavy atom. The van der Waals surface area contributed by atoms with Crippen molar-refractivity contribution in [1.29, 1.82) is 0 Å². The molecule has 2 aliphatic rings. The van der Waals surface area contributed by atoms with Crippen LogP contribution in [0.15, 0.2) is 41.3 Å². The van der Waals surface area contributed by atoms with Gasteiger partial charge in [-0.1, -0.05) is 29.3 Å². The Kier molecular flexibility index (Phi) is 4.41. The summed E-state index contributed by atoms with van der Waals surface area (Å²) in [7, 11) is -4.17. The third-order valence-corrected chi connectivity index (χ3v) is 8.04. The van der Waals surface area contributed by atoms with Gasteiger partial charge in [0.25, 0.3) is 15.9 Å². The molecule has 10 heteroatoms. The number of halogens is 4. The lowest BCUT2D eigenvalue weighted by atomic mass is 9.96. The molecule has 3 aromatic rings. The van der Waals surface area contributed by atoms with Crippen molar-refractivity contribution in [2.24, 2.45) is 0 Å². The molecule has 0 atom stereocenters. The predicted octanol–water partition coefficient (Wildman–Crippen LogP) is 5.14. The molecular formula is C21H19ClF3N3O2S. The molecule has 2 fully saturated rings. The first-order valence-electron chi connectivity index (χ1n) is 9.88. The molecule has 1 spiro atoms. The number of rotatable bonds is 3. The number of aryl methyl sites for hydroxylation is 1. The monoisotopic (exact) mass is 469 g/mol. The predicted molar refractivity (Wildman–Crippen MR) is 112 cm³/mol. The lowest BCUT2D eigenvalue weighted by Crippen LogP contribution is -2.49. The maximum atomic E-state index is 14.2. The Bertz CT molecular complexity index is 1300. The van der Waals surface area contributed by atoms with E-state index in [1.807, 2.05) is 6.92 Å². The van der Waals surface area contributed by atoms with Gasteiger partial charge in [0.2, 0.25) is 0 Å². The van der Waals surface area contributed by atoms with Crippen LogP contribution in [0.2, 0.25) is 5.02 Å². The Balaban J connectivity index is 1.72. The van der Waals surface area contributed by atoms with Gasteiger partial charge in [0, 0.05) is 31.0 Å². The summed E-state index contributed by atoms with van der Waals surface area (Å²) < 4.78 is 69.9. The number of anilines is 1. The summed E-state index contributed by atoms with van der Waals surface area (Å²) >= 11 is 6.32. The average molecular weight is 470 g/mol. The number of benzene rings is 2. The van der Waals surface area contributed by atoms with Crippen LogP contribution < -0.4 is 4.90 Å². The minimum absolute atomic E-state index is 0.0107. The fraction of sp³-hybridized carbons (Fsp3) is 0.381. The summed E-state index contributed by atoms with van der Waals surface area (Å²) in [5.41, 5.74) is 0.0804. The van der Waals surface area contributed by atoms with E-state index in [4.69, 9.17) is 11.6 Å². The molecule has 0 unspecified atom stereocenters. The third kappa shape index (κ3) is 3.29. The zero-order valence-corrected chi connectivity index (χ0v) is 18.2. The largest absolute Gasteiger partial charge is 0.348 e. The van der Waals surface area contributed by atoms with E-state index in [2.05, 4.69) is 5.10 Å². The Hall–Kier alpha value is -2.26. The van der Waals surface area contributed by atoms with E-state index < -0.39 is 27.3 Å². The molecule has 1 aromatic heterocycles. The molecule has 0 amide bonds. The van der Waals surface area contributed by atoms with Crippen LogP contribution in [-0.4, -0.2) is 35.6 Å². The molecule has 31 heavy (non-hydrogen) atoms. The molecule has 1 saturated carbocycles. The molecule has 0 radical (unpaired) electrons. The highest BCUT2D eigenvalue weighted by Crippen LogP contribution is 2.55. The number of piperidine rings is 1. The van der Waals surface area contributed by atoms with Crippen molar-refractivity contribution < 1.29 is 21.6 Å². The van der Waals surface area contributed by atoms with Crippen LogP contribution in [-0.2, 0) is 10.0 Å². The van der Waals surface area contributed by atoms with Crippen molar-refractivity contribution in [2.75, 3.05) is 11.4 Å². The lowest BCUT2D eigenvalue weighted by Gasteiger charge is -2.40. The van der Waals surface area contributed by atoms with Gasteiger partial charge < -0.3 is 4.90 Å². The van der Waals surface area contributed by atoms with Gasteiger partial charge in [-0.15, -0.1) is 5.10 Å². The lowest BCUT2D eigenvalue weighted by molar-refractivity contribution is -0.0374. The van der Waals surface area contributed by atoms with Crippen molar-refractivity contribution in [1.82, 2.24) is 9.19 Å².